The fourth-order valence-corrected chi connectivity index (χ4v) is 2.99. The summed E-state index contributed by atoms with van der Waals surface area (Å²) < 4.78 is 37.6. The summed E-state index contributed by atoms with van der Waals surface area (Å²) in [4.78, 5) is 2.22. The smallest absolute Gasteiger partial charge is 0.389 e. The monoisotopic (exact) mass is 280 g/mol. The number of hydrogen-bond acceptors (Lipinski definition) is 3. The van der Waals surface area contributed by atoms with Gasteiger partial charge in [0.1, 0.15) is 0 Å². The molecule has 0 aromatic heterocycles. The summed E-state index contributed by atoms with van der Waals surface area (Å²) >= 11 is 0. The maximum atomic E-state index is 12.5. The second-order valence-corrected chi connectivity index (χ2v) is 5.83. The molecule has 0 bridgehead atoms. The van der Waals surface area contributed by atoms with Crippen LogP contribution in [0.15, 0.2) is 0 Å². The van der Waals surface area contributed by atoms with Crippen molar-refractivity contribution < 1.29 is 18.3 Å². The molecule has 1 aliphatic carbocycles. The molecule has 1 saturated carbocycles. The molecule has 0 radical (unpaired) electrons. The van der Waals surface area contributed by atoms with E-state index in [1.54, 1.807) is 0 Å². The number of aliphatic hydroxyl groups is 1. The second kappa shape index (κ2) is 6.41. The normalized spacial score (nSPS) is 29.7. The van der Waals surface area contributed by atoms with Gasteiger partial charge in [-0.3, -0.25) is 4.90 Å². The van der Waals surface area contributed by atoms with Crippen molar-refractivity contribution >= 4 is 0 Å². The van der Waals surface area contributed by atoms with Crippen molar-refractivity contribution in [2.45, 2.75) is 50.4 Å². The van der Waals surface area contributed by atoms with E-state index in [1.165, 1.54) is 0 Å². The van der Waals surface area contributed by atoms with E-state index in [2.05, 4.69) is 10.2 Å². The topological polar surface area (TPSA) is 35.5 Å². The largest absolute Gasteiger partial charge is 0.396 e. The highest BCUT2D eigenvalue weighted by atomic mass is 19.4. The van der Waals surface area contributed by atoms with Gasteiger partial charge in [-0.1, -0.05) is 0 Å². The molecule has 0 spiro atoms. The number of hydrogen-bond donors (Lipinski definition) is 2. The van der Waals surface area contributed by atoms with Crippen LogP contribution in [0.25, 0.3) is 0 Å². The van der Waals surface area contributed by atoms with E-state index in [1.807, 2.05) is 0 Å². The number of rotatable bonds is 6. The standard InChI is InChI=1S/C13H23F3N2O/c14-13(15,16)7-10-6-11(17-4-1-5-19)9-18(8-10)12-2-3-12/h10-12,17,19H,1-9H2. The van der Waals surface area contributed by atoms with Crippen LogP contribution in [0.1, 0.15) is 32.1 Å². The highest BCUT2D eigenvalue weighted by Gasteiger charge is 2.40. The summed E-state index contributed by atoms with van der Waals surface area (Å²) in [5.74, 6) is -0.291. The Morgan fingerprint density at radius 3 is 2.53 bits per heavy atom. The zero-order chi connectivity index (χ0) is 13.9. The first-order valence-corrected chi connectivity index (χ1v) is 7.13. The molecule has 1 saturated heterocycles. The molecule has 3 nitrogen and oxygen atoms in total. The van der Waals surface area contributed by atoms with Gasteiger partial charge in [-0.15, -0.1) is 0 Å². The number of nitrogens with one attached hydrogen (secondary N) is 1. The Hall–Kier alpha value is -0.330. The summed E-state index contributed by atoms with van der Waals surface area (Å²) in [7, 11) is 0. The molecule has 2 atom stereocenters. The molecule has 2 rings (SSSR count). The molecule has 19 heavy (non-hydrogen) atoms. The van der Waals surface area contributed by atoms with E-state index in [9.17, 15) is 13.2 Å². The zero-order valence-corrected chi connectivity index (χ0v) is 11.1. The van der Waals surface area contributed by atoms with Gasteiger partial charge >= 0.3 is 6.18 Å². The summed E-state index contributed by atoms with van der Waals surface area (Å²) in [6.07, 6.45) is -1.23. The van der Waals surface area contributed by atoms with Crippen molar-refractivity contribution in [3.05, 3.63) is 0 Å². The summed E-state index contributed by atoms with van der Waals surface area (Å²) in [6.45, 7) is 2.24. The predicted molar refractivity (Wildman–Crippen MR) is 66.9 cm³/mol. The molecule has 1 aliphatic heterocycles. The molecule has 1 heterocycles. The van der Waals surface area contributed by atoms with Crippen LogP contribution in [0.3, 0.4) is 0 Å². The van der Waals surface area contributed by atoms with E-state index in [0.717, 1.165) is 19.4 Å². The van der Waals surface area contributed by atoms with Crippen molar-refractivity contribution in [2.24, 2.45) is 5.92 Å². The lowest BCUT2D eigenvalue weighted by molar-refractivity contribution is -0.149. The fourth-order valence-electron chi connectivity index (χ4n) is 2.99. The maximum Gasteiger partial charge on any atom is 0.389 e. The number of aliphatic hydroxyl groups excluding tert-OH is 1. The number of likely N-dealkylation sites (tertiary alicyclic amines) is 1. The average Bonchev–Trinajstić information content (AvgIpc) is 3.10. The Labute approximate surface area is 112 Å². The lowest BCUT2D eigenvalue weighted by Gasteiger charge is -2.38. The van der Waals surface area contributed by atoms with Gasteiger partial charge in [-0.2, -0.15) is 13.2 Å². The van der Waals surface area contributed by atoms with Gasteiger partial charge in [0.2, 0.25) is 0 Å². The van der Waals surface area contributed by atoms with Crippen LogP contribution in [0.5, 0.6) is 0 Å². The minimum atomic E-state index is -4.06. The highest BCUT2D eigenvalue weighted by molar-refractivity contribution is 4.92. The Kier molecular flexibility index (Phi) is 5.09. The molecule has 2 fully saturated rings. The Morgan fingerprint density at radius 2 is 1.95 bits per heavy atom. The zero-order valence-electron chi connectivity index (χ0n) is 11.1. The molecule has 2 N–H and O–H groups in total. The molecule has 0 amide bonds. The van der Waals surface area contributed by atoms with Gasteiger partial charge in [0, 0.05) is 38.2 Å². The van der Waals surface area contributed by atoms with Gasteiger partial charge in [0.05, 0.1) is 0 Å². The summed E-state index contributed by atoms with van der Waals surface area (Å²) in [6, 6.07) is 0.645. The molecule has 112 valence electrons. The Morgan fingerprint density at radius 1 is 1.21 bits per heavy atom. The van der Waals surface area contributed by atoms with Gasteiger partial charge in [0.15, 0.2) is 0 Å². The third-order valence-corrected chi connectivity index (χ3v) is 3.92. The first-order chi connectivity index (χ1) is 8.98. The number of alkyl halides is 3. The predicted octanol–water partition coefficient (Wildman–Crippen LogP) is 1.76. The van der Waals surface area contributed by atoms with E-state index in [4.69, 9.17) is 5.11 Å². The maximum absolute atomic E-state index is 12.5. The Balaban J connectivity index is 1.85. The van der Waals surface area contributed by atoms with E-state index in [0.29, 0.717) is 32.0 Å². The fraction of sp³-hybridized carbons (Fsp3) is 1.00. The third-order valence-electron chi connectivity index (χ3n) is 3.92. The minimum absolute atomic E-state index is 0.123. The van der Waals surface area contributed by atoms with Crippen molar-refractivity contribution in [1.82, 2.24) is 10.2 Å². The first kappa shape index (κ1) is 15.1. The first-order valence-electron chi connectivity index (χ1n) is 7.13. The van der Waals surface area contributed by atoms with Gasteiger partial charge in [0.25, 0.3) is 0 Å². The van der Waals surface area contributed by atoms with E-state index >= 15 is 0 Å². The highest BCUT2D eigenvalue weighted by Crippen LogP contribution is 2.35. The van der Waals surface area contributed by atoms with E-state index < -0.39 is 12.6 Å². The van der Waals surface area contributed by atoms with Crippen LogP contribution in [0, 0.1) is 5.92 Å². The van der Waals surface area contributed by atoms with Crippen LogP contribution in [0.2, 0.25) is 0 Å². The van der Waals surface area contributed by atoms with Crippen molar-refractivity contribution in [1.29, 1.82) is 0 Å². The molecule has 2 unspecified atom stereocenters. The summed E-state index contributed by atoms with van der Waals surface area (Å²) in [5, 5.41) is 12.0. The van der Waals surface area contributed by atoms with Crippen LogP contribution in [-0.4, -0.2) is 54.5 Å². The lowest BCUT2D eigenvalue weighted by atomic mass is 9.91. The lowest BCUT2D eigenvalue weighted by Crippen LogP contribution is -2.50. The van der Waals surface area contributed by atoms with Crippen LogP contribution in [0.4, 0.5) is 13.2 Å². The molecule has 0 aromatic rings. The average molecular weight is 280 g/mol. The van der Waals surface area contributed by atoms with Gasteiger partial charge in [-0.05, 0) is 38.1 Å². The molecular formula is C13H23F3N2O. The van der Waals surface area contributed by atoms with Crippen LogP contribution in [-0.2, 0) is 0 Å². The second-order valence-electron chi connectivity index (χ2n) is 5.83. The van der Waals surface area contributed by atoms with E-state index in [-0.39, 0.29) is 18.6 Å². The third kappa shape index (κ3) is 5.28. The number of nitrogens with zero attached hydrogens (tertiary/aromatic N) is 1. The van der Waals surface area contributed by atoms with Crippen molar-refractivity contribution in [3.63, 3.8) is 0 Å². The number of piperidine rings is 1. The van der Waals surface area contributed by atoms with Crippen LogP contribution >= 0.6 is 0 Å². The minimum Gasteiger partial charge on any atom is -0.396 e. The van der Waals surface area contributed by atoms with Crippen molar-refractivity contribution in [3.8, 4) is 0 Å². The van der Waals surface area contributed by atoms with Crippen molar-refractivity contribution in [2.75, 3.05) is 26.2 Å². The van der Waals surface area contributed by atoms with Gasteiger partial charge < -0.3 is 10.4 Å². The van der Waals surface area contributed by atoms with Crippen LogP contribution < -0.4 is 5.32 Å². The molecule has 0 aromatic carbocycles. The van der Waals surface area contributed by atoms with Gasteiger partial charge in [-0.25, -0.2) is 0 Å². The Bertz CT molecular complexity index is 282. The number of halogens is 3. The summed E-state index contributed by atoms with van der Waals surface area (Å²) in [5.41, 5.74) is 0. The molecule has 6 heteroatoms. The quantitative estimate of drug-likeness (QED) is 0.728. The molecular weight excluding hydrogens is 257 g/mol. The molecule has 2 aliphatic rings. The SMILES string of the molecule is OCCCNC1CC(CC(F)(F)F)CN(C2CC2)C1.